The van der Waals surface area contributed by atoms with Crippen molar-refractivity contribution in [1.29, 1.82) is 0 Å². The summed E-state index contributed by atoms with van der Waals surface area (Å²) in [4.78, 5) is 12.7. The van der Waals surface area contributed by atoms with Crippen molar-refractivity contribution in [2.45, 2.75) is 43.6 Å². The highest BCUT2D eigenvalue weighted by atomic mass is 32.2. The van der Waals surface area contributed by atoms with Crippen molar-refractivity contribution >= 4 is 23.4 Å². The molecule has 1 atom stereocenters. The molecule has 1 N–H and O–H groups in total. The Bertz CT molecular complexity index is 956. The number of thioether (sulfide) groups is 1. The van der Waals surface area contributed by atoms with E-state index in [0.29, 0.717) is 17.6 Å². The molecule has 0 radical (unpaired) electrons. The first-order valence-corrected chi connectivity index (χ1v) is 10.3. The number of nitrogens with zero attached hydrogens (tertiary/aromatic N) is 4. The number of hydrogen-bond acceptors (Lipinski definition) is 6. The summed E-state index contributed by atoms with van der Waals surface area (Å²) >= 11 is 1.34. The molecule has 0 aliphatic carbocycles. The summed E-state index contributed by atoms with van der Waals surface area (Å²) in [5.41, 5.74) is 3.00. The third kappa shape index (κ3) is 5.35. The molecule has 152 valence electrons. The van der Waals surface area contributed by atoms with Gasteiger partial charge in [-0.3, -0.25) is 4.79 Å². The van der Waals surface area contributed by atoms with Crippen LogP contribution in [0.1, 0.15) is 37.8 Å². The summed E-state index contributed by atoms with van der Waals surface area (Å²) in [6.45, 7) is 6.58. The zero-order valence-corrected chi connectivity index (χ0v) is 17.8. The minimum atomic E-state index is -0.351. The Labute approximate surface area is 174 Å². The zero-order chi connectivity index (χ0) is 20.8. The van der Waals surface area contributed by atoms with E-state index in [0.717, 1.165) is 22.6 Å². The first-order valence-electron chi connectivity index (χ1n) is 9.43. The molecule has 29 heavy (non-hydrogen) atoms. The summed E-state index contributed by atoms with van der Waals surface area (Å²) < 4.78 is 6.88. The van der Waals surface area contributed by atoms with Crippen LogP contribution >= 0.6 is 11.8 Å². The maximum Gasteiger partial charge on any atom is 0.237 e. The van der Waals surface area contributed by atoms with E-state index in [1.165, 1.54) is 11.8 Å². The van der Waals surface area contributed by atoms with E-state index in [9.17, 15) is 4.79 Å². The Hall–Kier alpha value is -2.87. The van der Waals surface area contributed by atoms with Gasteiger partial charge in [0.25, 0.3) is 0 Å². The third-order valence-corrected chi connectivity index (χ3v) is 5.55. The van der Waals surface area contributed by atoms with Crippen molar-refractivity contribution < 1.29 is 9.53 Å². The van der Waals surface area contributed by atoms with Gasteiger partial charge in [-0.05, 0) is 52.6 Å². The molecule has 0 saturated carbocycles. The van der Waals surface area contributed by atoms with Crippen LogP contribution in [0.2, 0.25) is 0 Å². The number of ether oxygens (including phenoxy) is 1. The Morgan fingerprint density at radius 2 is 1.86 bits per heavy atom. The third-order valence-electron chi connectivity index (χ3n) is 4.48. The molecule has 0 spiro atoms. The molecule has 7 nitrogen and oxygen atoms in total. The van der Waals surface area contributed by atoms with Crippen molar-refractivity contribution in [3.8, 4) is 5.75 Å². The first kappa shape index (κ1) is 20.9. The lowest BCUT2D eigenvalue weighted by molar-refractivity contribution is -0.115. The SMILES string of the molecule is COc1ccc(Cn2nnnc2SC(C)C(=O)Nc2ccccc2C(C)C)cc1. The molecule has 3 rings (SSSR count). The minimum absolute atomic E-state index is 0.0814. The predicted octanol–water partition coefficient (Wildman–Crippen LogP) is 3.97. The van der Waals surface area contributed by atoms with E-state index in [-0.39, 0.29) is 11.2 Å². The van der Waals surface area contributed by atoms with Crippen molar-refractivity contribution in [2.75, 3.05) is 12.4 Å². The van der Waals surface area contributed by atoms with Crippen LogP contribution in [0, 0.1) is 0 Å². The monoisotopic (exact) mass is 411 g/mol. The molecule has 0 saturated heterocycles. The number of carbonyl (C=O) groups excluding carboxylic acids is 1. The highest BCUT2D eigenvalue weighted by molar-refractivity contribution is 8.00. The average molecular weight is 412 g/mol. The van der Waals surface area contributed by atoms with Gasteiger partial charge in [-0.2, -0.15) is 0 Å². The molecule has 0 bridgehead atoms. The van der Waals surface area contributed by atoms with Gasteiger partial charge in [0.2, 0.25) is 11.1 Å². The number of aromatic nitrogens is 4. The molecule has 2 aromatic carbocycles. The highest BCUT2D eigenvalue weighted by Crippen LogP contribution is 2.26. The summed E-state index contributed by atoms with van der Waals surface area (Å²) in [6, 6.07) is 15.6. The van der Waals surface area contributed by atoms with Crippen LogP contribution in [0.3, 0.4) is 0 Å². The molecule has 1 unspecified atom stereocenters. The Balaban J connectivity index is 1.66. The normalized spacial score (nSPS) is 12.0. The van der Waals surface area contributed by atoms with E-state index in [2.05, 4.69) is 34.7 Å². The number of benzene rings is 2. The van der Waals surface area contributed by atoms with Crippen molar-refractivity contribution in [2.24, 2.45) is 0 Å². The maximum atomic E-state index is 12.7. The first-order chi connectivity index (χ1) is 14.0. The molecule has 8 heteroatoms. The molecule has 1 heterocycles. The Kier molecular flexibility index (Phi) is 6.87. The van der Waals surface area contributed by atoms with Gasteiger partial charge in [-0.15, -0.1) is 5.10 Å². The Morgan fingerprint density at radius 3 is 2.55 bits per heavy atom. The average Bonchev–Trinajstić information content (AvgIpc) is 3.15. The number of nitrogens with one attached hydrogen (secondary N) is 1. The minimum Gasteiger partial charge on any atom is -0.497 e. The van der Waals surface area contributed by atoms with Crippen molar-refractivity contribution in [3.63, 3.8) is 0 Å². The topological polar surface area (TPSA) is 81.9 Å². The fourth-order valence-electron chi connectivity index (χ4n) is 2.84. The lowest BCUT2D eigenvalue weighted by Crippen LogP contribution is -2.23. The Morgan fingerprint density at radius 1 is 1.14 bits per heavy atom. The van der Waals surface area contributed by atoms with Crippen molar-refractivity contribution in [3.05, 3.63) is 59.7 Å². The van der Waals surface area contributed by atoms with Gasteiger partial charge in [-0.25, -0.2) is 4.68 Å². The number of hydrogen-bond donors (Lipinski definition) is 1. The van der Waals surface area contributed by atoms with E-state index in [4.69, 9.17) is 4.74 Å². The van der Waals surface area contributed by atoms with Gasteiger partial charge >= 0.3 is 0 Å². The zero-order valence-electron chi connectivity index (χ0n) is 17.0. The standard InChI is InChI=1S/C21H25N5O2S/c1-14(2)18-7-5-6-8-19(18)22-20(27)15(3)29-21-23-24-25-26(21)13-16-9-11-17(28-4)12-10-16/h5-12,14-15H,13H2,1-4H3,(H,22,27). The van der Waals surface area contributed by atoms with Gasteiger partial charge in [0.1, 0.15) is 5.75 Å². The van der Waals surface area contributed by atoms with Crippen LogP contribution in [0.15, 0.2) is 53.7 Å². The fourth-order valence-corrected chi connectivity index (χ4v) is 3.63. The molecular formula is C21H25N5O2S. The quantitative estimate of drug-likeness (QED) is 0.565. The van der Waals surface area contributed by atoms with Gasteiger partial charge in [0.05, 0.1) is 18.9 Å². The van der Waals surface area contributed by atoms with Crippen LogP contribution in [0.4, 0.5) is 5.69 Å². The number of carbonyl (C=O) groups is 1. The maximum absolute atomic E-state index is 12.7. The molecule has 1 amide bonds. The van der Waals surface area contributed by atoms with Crippen LogP contribution < -0.4 is 10.1 Å². The summed E-state index contributed by atoms with van der Waals surface area (Å²) in [6.07, 6.45) is 0. The molecule has 3 aromatic rings. The number of methoxy groups -OCH3 is 1. The largest absolute Gasteiger partial charge is 0.497 e. The second kappa shape index (κ2) is 9.56. The predicted molar refractivity (Wildman–Crippen MR) is 114 cm³/mol. The second-order valence-corrected chi connectivity index (χ2v) is 8.27. The lowest BCUT2D eigenvalue weighted by atomic mass is 10.0. The van der Waals surface area contributed by atoms with E-state index in [1.807, 2.05) is 55.5 Å². The molecule has 1 aromatic heterocycles. The summed E-state index contributed by atoms with van der Waals surface area (Å²) in [5.74, 6) is 1.04. The number of para-hydroxylation sites is 1. The van der Waals surface area contributed by atoms with Gasteiger partial charge in [0.15, 0.2) is 0 Å². The summed E-state index contributed by atoms with van der Waals surface area (Å²) in [7, 11) is 1.64. The van der Waals surface area contributed by atoms with Crippen LogP contribution in [-0.2, 0) is 11.3 Å². The smallest absolute Gasteiger partial charge is 0.237 e. The number of anilines is 1. The van der Waals surface area contributed by atoms with Gasteiger partial charge < -0.3 is 10.1 Å². The van der Waals surface area contributed by atoms with E-state index >= 15 is 0 Å². The van der Waals surface area contributed by atoms with Crippen LogP contribution in [-0.4, -0.2) is 38.5 Å². The molecule has 0 aliphatic rings. The van der Waals surface area contributed by atoms with Gasteiger partial charge in [0, 0.05) is 5.69 Å². The lowest BCUT2D eigenvalue weighted by Gasteiger charge is -2.16. The second-order valence-electron chi connectivity index (χ2n) is 6.96. The van der Waals surface area contributed by atoms with E-state index in [1.54, 1.807) is 11.8 Å². The molecule has 0 aliphatic heterocycles. The van der Waals surface area contributed by atoms with Crippen molar-refractivity contribution in [1.82, 2.24) is 20.2 Å². The molecular weight excluding hydrogens is 386 g/mol. The molecule has 0 fully saturated rings. The number of tetrazole rings is 1. The number of rotatable bonds is 8. The number of amides is 1. The fraction of sp³-hybridized carbons (Fsp3) is 0.333. The van der Waals surface area contributed by atoms with Crippen LogP contribution in [0.5, 0.6) is 5.75 Å². The summed E-state index contributed by atoms with van der Waals surface area (Å²) in [5, 5.41) is 15.2. The van der Waals surface area contributed by atoms with Crippen LogP contribution in [0.25, 0.3) is 0 Å². The van der Waals surface area contributed by atoms with E-state index < -0.39 is 0 Å². The highest BCUT2D eigenvalue weighted by Gasteiger charge is 2.20. The van der Waals surface area contributed by atoms with Gasteiger partial charge in [-0.1, -0.05) is 55.9 Å².